The Kier molecular flexibility index (Phi) is 5.42. The normalized spacial score (nSPS) is 20.3. The highest BCUT2D eigenvalue weighted by Gasteiger charge is 2.33. The molecule has 1 aliphatic rings. The summed E-state index contributed by atoms with van der Waals surface area (Å²) in [5, 5.41) is 1.07. The molecule has 4 heteroatoms. The van der Waals surface area contributed by atoms with Gasteiger partial charge >= 0.3 is 0 Å². The average Bonchev–Trinajstić information content (AvgIpc) is 2.60. The standard InChI is InChI=1S/C22H32N2O2/c1-16(15-23-13-7-6-8-20(23)22(2,3)4)24-19-14-18(26-5)11-9-17(19)10-12-21(24)25/h9-12,14,16,20H,6-8,13,15H2,1-5H3. The number of piperidine rings is 1. The Morgan fingerprint density at radius 1 is 1.19 bits per heavy atom. The molecule has 2 atom stereocenters. The minimum atomic E-state index is 0.0579. The van der Waals surface area contributed by atoms with Crippen LogP contribution in [-0.2, 0) is 0 Å². The lowest BCUT2D eigenvalue weighted by molar-refractivity contribution is 0.0538. The number of benzene rings is 1. The highest BCUT2D eigenvalue weighted by atomic mass is 16.5. The molecule has 0 N–H and O–H groups in total. The van der Waals surface area contributed by atoms with Crippen LogP contribution in [0.1, 0.15) is 53.0 Å². The first-order valence-corrected chi connectivity index (χ1v) is 9.74. The predicted molar refractivity (Wildman–Crippen MR) is 108 cm³/mol. The van der Waals surface area contributed by atoms with Gasteiger partial charge in [0.2, 0.25) is 0 Å². The molecule has 2 aromatic rings. The maximum absolute atomic E-state index is 12.7. The van der Waals surface area contributed by atoms with E-state index < -0.39 is 0 Å². The first-order chi connectivity index (χ1) is 12.3. The van der Waals surface area contributed by atoms with Gasteiger partial charge in [0, 0.05) is 30.8 Å². The van der Waals surface area contributed by atoms with Gasteiger partial charge in [0.05, 0.1) is 12.6 Å². The molecule has 0 bridgehead atoms. The van der Waals surface area contributed by atoms with Gasteiger partial charge in [0.25, 0.3) is 5.56 Å². The Morgan fingerprint density at radius 2 is 1.92 bits per heavy atom. The zero-order valence-corrected chi connectivity index (χ0v) is 16.8. The maximum atomic E-state index is 12.7. The first-order valence-electron chi connectivity index (χ1n) is 9.74. The molecule has 0 amide bonds. The summed E-state index contributed by atoms with van der Waals surface area (Å²) in [5.74, 6) is 0.787. The monoisotopic (exact) mass is 356 g/mol. The van der Waals surface area contributed by atoms with Crippen molar-refractivity contribution in [3.63, 3.8) is 0 Å². The maximum Gasteiger partial charge on any atom is 0.251 e. The minimum absolute atomic E-state index is 0.0579. The number of fused-ring (bicyclic) bond motifs is 1. The molecule has 0 radical (unpaired) electrons. The van der Waals surface area contributed by atoms with E-state index in [4.69, 9.17) is 4.74 Å². The second kappa shape index (κ2) is 7.43. The summed E-state index contributed by atoms with van der Waals surface area (Å²) in [6.45, 7) is 11.2. The van der Waals surface area contributed by atoms with E-state index in [-0.39, 0.29) is 17.0 Å². The van der Waals surface area contributed by atoms with Gasteiger partial charge in [-0.15, -0.1) is 0 Å². The van der Waals surface area contributed by atoms with Crippen molar-refractivity contribution < 1.29 is 4.74 Å². The lowest BCUT2D eigenvalue weighted by Crippen LogP contribution is -2.49. The molecule has 142 valence electrons. The van der Waals surface area contributed by atoms with Gasteiger partial charge in [-0.1, -0.05) is 27.2 Å². The Hall–Kier alpha value is -1.81. The SMILES string of the molecule is COc1ccc2ccc(=O)n(C(C)CN3CCCCC3C(C)(C)C)c2c1. The Balaban J connectivity index is 1.95. The number of likely N-dealkylation sites (tertiary alicyclic amines) is 1. The molecular weight excluding hydrogens is 324 g/mol. The summed E-state index contributed by atoms with van der Waals surface area (Å²) in [6, 6.07) is 10.2. The van der Waals surface area contributed by atoms with Gasteiger partial charge < -0.3 is 9.30 Å². The third-order valence-electron chi connectivity index (χ3n) is 5.69. The van der Waals surface area contributed by atoms with E-state index in [9.17, 15) is 4.79 Å². The number of hydrogen-bond acceptors (Lipinski definition) is 3. The molecule has 1 aromatic heterocycles. The van der Waals surface area contributed by atoms with Crippen molar-refractivity contribution in [3.05, 3.63) is 40.7 Å². The van der Waals surface area contributed by atoms with Crippen molar-refractivity contribution >= 4 is 10.9 Å². The zero-order chi connectivity index (χ0) is 18.9. The molecule has 26 heavy (non-hydrogen) atoms. The second-order valence-electron chi connectivity index (χ2n) is 8.69. The molecule has 1 aliphatic heterocycles. The second-order valence-corrected chi connectivity index (χ2v) is 8.69. The van der Waals surface area contributed by atoms with E-state index in [1.807, 2.05) is 28.8 Å². The Labute approximate surface area is 156 Å². The van der Waals surface area contributed by atoms with Gasteiger partial charge in [-0.3, -0.25) is 9.69 Å². The Morgan fingerprint density at radius 3 is 2.62 bits per heavy atom. The smallest absolute Gasteiger partial charge is 0.251 e. The third-order valence-corrected chi connectivity index (χ3v) is 5.69. The summed E-state index contributed by atoms with van der Waals surface area (Å²) in [5.41, 5.74) is 1.27. The third kappa shape index (κ3) is 3.80. The van der Waals surface area contributed by atoms with Crippen LogP contribution in [0.5, 0.6) is 5.75 Å². The van der Waals surface area contributed by atoms with Crippen LogP contribution < -0.4 is 10.3 Å². The molecule has 3 rings (SSSR count). The van der Waals surface area contributed by atoms with E-state index in [1.165, 1.54) is 19.3 Å². The highest BCUT2D eigenvalue weighted by Crippen LogP contribution is 2.33. The van der Waals surface area contributed by atoms with Crippen LogP contribution in [0.3, 0.4) is 0 Å². The van der Waals surface area contributed by atoms with Gasteiger partial charge in [0.15, 0.2) is 0 Å². The van der Waals surface area contributed by atoms with Crippen LogP contribution in [-0.4, -0.2) is 35.7 Å². The number of methoxy groups -OCH3 is 1. The molecule has 0 saturated carbocycles. The molecule has 1 saturated heterocycles. The fourth-order valence-corrected chi connectivity index (χ4v) is 4.43. The number of hydrogen-bond donors (Lipinski definition) is 0. The van der Waals surface area contributed by atoms with Crippen LogP contribution >= 0.6 is 0 Å². The quantitative estimate of drug-likeness (QED) is 0.810. The largest absolute Gasteiger partial charge is 0.497 e. The van der Waals surface area contributed by atoms with Gasteiger partial charge in [-0.2, -0.15) is 0 Å². The van der Waals surface area contributed by atoms with Crippen molar-refractivity contribution in [1.29, 1.82) is 0 Å². The van der Waals surface area contributed by atoms with Gasteiger partial charge in [-0.25, -0.2) is 0 Å². The zero-order valence-electron chi connectivity index (χ0n) is 16.8. The first kappa shape index (κ1) is 19.0. The molecule has 0 spiro atoms. The van der Waals surface area contributed by atoms with Crippen LogP contribution in [0.15, 0.2) is 35.1 Å². The van der Waals surface area contributed by atoms with Crippen molar-refractivity contribution in [2.75, 3.05) is 20.2 Å². The van der Waals surface area contributed by atoms with E-state index in [1.54, 1.807) is 13.2 Å². The lowest BCUT2D eigenvalue weighted by Gasteiger charge is -2.44. The number of pyridine rings is 1. The van der Waals surface area contributed by atoms with Crippen molar-refractivity contribution in [2.24, 2.45) is 5.41 Å². The number of aromatic nitrogens is 1. The molecule has 2 unspecified atom stereocenters. The summed E-state index contributed by atoms with van der Waals surface area (Å²) < 4.78 is 7.32. The Bertz CT molecular complexity index is 819. The van der Waals surface area contributed by atoms with Gasteiger partial charge in [0.1, 0.15) is 5.75 Å². The fraction of sp³-hybridized carbons (Fsp3) is 0.591. The van der Waals surface area contributed by atoms with E-state index >= 15 is 0 Å². The van der Waals surface area contributed by atoms with Crippen molar-refractivity contribution in [1.82, 2.24) is 9.47 Å². The van der Waals surface area contributed by atoms with Crippen molar-refractivity contribution in [2.45, 2.75) is 59.0 Å². The summed E-state index contributed by atoms with van der Waals surface area (Å²) in [6.07, 6.45) is 3.80. The number of rotatable bonds is 4. The van der Waals surface area contributed by atoms with E-state index in [0.717, 1.165) is 29.7 Å². The summed E-state index contributed by atoms with van der Waals surface area (Å²) in [4.78, 5) is 15.3. The molecule has 2 heterocycles. The van der Waals surface area contributed by atoms with Crippen LogP contribution in [0.4, 0.5) is 0 Å². The summed E-state index contributed by atoms with van der Waals surface area (Å²) >= 11 is 0. The van der Waals surface area contributed by atoms with Gasteiger partial charge in [-0.05, 0) is 55.3 Å². The van der Waals surface area contributed by atoms with E-state index in [0.29, 0.717) is 6.04 Å². The van der Waals surface area contributed by atoms with Crippen LogP contribution in [0, 0.1) is 5.41 Å². The predicted octanol–water partition coefficient (Wildman–Crippen LogP) is 4.47. The molecule has 4 nitrogen and oxygen atoms in total. The summed E-state index contributed by atoms with van der Waals surface area (Å²) in [7, 11) is 1.66. The van der Waals surface area contributed by atoms with Crippen LogP contribution in [0.25, 0.3) is 10.9 Å². The lowest BCUT2D eigenvalue weighted by atomic mass is 9.80. The molecular formula is C22H32N2O2. The highest BCUT2D eigenvalue weighted by molar-refractivity contribution is 5.80. The number of nitrogens with zero attached hydrogens (tertiary/aromatic N) is 2. The van der Waals surface area contributed by atoms with E-state index in [2.05, 4.69) is 32.6 Å². The molecule has 1 aromatic carbocycles. The molecule has 1 fully saturated rings. The minimum Gasteiger partial charge on any atom is -0.497 e. The molecule has 0 aliphatic carbocycles. The fourth-order valence-electron chi connectivity index (χ4n) is 4.43. The average molecular weight is 357 g/mol. The number of ether oxygens (including phenoxy) is 1. The van der Waals surface area contributed by atoms with Crippen LogP contribution in [0.2, 0.25) is 0 Å². The topological polar surface area (TPSA) is 34.5 Å². The van der Waals surface area contributed by atoms with Crippen molar-refractivity contribution in [3.8, 4) is 5.75 Å².